The molecule has 0 bridgehead atoms. The number of carbonyl (C=O) groups is 1. The lowest BCUT2D eigenvalue weighted by atomic mass is 10.00. The smallest absolute Gasteiger partial charge is 0.329 e. The van der Waals surface area contributed by atoms with Crippen LogP contribution in [0.25, 0.3) is 0 Å². The van der Waals surface area contributed by atoms with Crippen LogP contribution < -0.4 is 15.8 Å². The molecule has 3 N–H and O–H groups in total. The number of hydrogen-bond acceptors (Lipinski definition) is 5. The van der Waals surface area contributed by atoms with Gasteiger partial charge in [-0.15, -0.1) is 0 Å². The monoisotopic (exact) mass is 314 g/mol. The van der Waals surface area contributed by atoms with E-state index in [9.17, 15) is 4.79 Å². The Morgan fingerprint density at radius 2 is 1.74 bits per heavy atom. The van der Waals surface area contributed by atoms with Crippen LogP contribution in [0.1, 0.15) is 5.56 Å². The fourth-order valence-corrected chi connectivity index (χ4v) is 2.34. The van der Waals surface area contributed by atoms with E-state index < -0.39 is 12.1 Å². The second-order valence-electron chi connectivity index (χ2n) is 5.23. The molecule has 0 fully saturated rings. The van der Waals surface area contributed by atoms with Gasteiger partial charge in [0.1, 0.15) is 11.8 Å². The van der Waals surface area contributed by atoms with Crippen LogP contribution >= 0.6 is 0 Å². The number of methoxy groups -OCH3 is 2. The Kier molecular flexibility index (Phi) is 6.00. The highest BCUT2D eigenvalue weighted by Gasteiger charge is 2.26. The van der Waals surface area contributed by atoms with Gasteiger partial charge < -0.3 is 20.5 Å². The van der Waals surface area contributed by atoms with Gasteiger partial charge in [0.15, 0.2) is 0 Å². The number of ether oxygens (including phenoxy) is 2. The minimum absolute atomic E-state index is 0.385. The summed E-state index contributed by atoms with van der Waals surface area (Å²) in [5, 5.41) is 3.15. The third-order valence-electron chi connectivity index (χ3n) is 3.61. The molecule has 23 heavy (non-hydrogen) atoms. The number of rotatable bonds is 7. The van der Waals surface area contributed by atoms with E-state index in [1.165, 1.54) is 7.11 Å². The van der Waals surface area contributed by atoms with Crippen molar-refractivity contribution in [2.45, 2.75) is 18.5 Å². The first-order chi connectivity index (χ1) is 11.1. The highest BCUT2D eigenvalue weighted by molar-refractivity contribution is 5.80. The molecule has 122 valence electrons. The molecule has 0 heterocycles. The Morgan fingerprint density at radius 3 is 2.30 bits per heavy atom. The van der Waals surface area contributed by atoms with E-state index in [2.05, 4.69) is 5.32 Å². The standard InChI is InChI=1S/C18H22N2O3/c1-22-15-10-8-14(9-11-15)20-17(18(21)23-2)16(19)12-13-6-4-3-5-7-13/h3-11,16-17,20H,12,19H2,1-2H3/t16-,17+/m0/s1. The van der Waals surface area contributed by atoms with Crippen LogP contribution in [0, 0.1) is 0 Å². The predicted octanol–water partition coefficient (Wildman–Crippen LogP) is 2.22. The van der Waals surface area contributed by atoms with Crippen molar-refractivity contribution in [2.75, 3.05) is 19.5 Å². The van der Waals surface area contributed by atoms with Crippen LogP contribution in [-0.4, -0.2) is 32.3 Å². The van der Waals surface area contributed by atoms with Crippen LogP contribution in [-0.2, 0) is 16.0 Å². The number of benzene rings is 2. The molecule has 2 atom stereocenters. The van der Waals surface area contributed by atoms with E-state index >= 15 is 0 Å². The van der Waals surface area contributed by atoms with E-state index in [4.69, 9.17) is 15.2 Å². The Morgan fingerprint density at radius 1 is 1.09 bits per heavy atom. The van der Waals surface area contributed by atoms with Crippen molar-refractivity contribution in [3.8, 4) is 5.75 Å². The van der Waals surface area contributed by atoms with Gasteiger partial charge in [0, 0.05) is 11.7 Å². The number of nitrogens with two attached hydrogens (primary N) is 1. The van der Waals surface area contributed by atoms with Crippen LogP contribution in [0.2, 0.25) is 0 Å². The Bertz CT molecular complexity index is 614. The SMILES string of the molecule is COC(=O)[C@H](Nc1ccc(OC)cc1)[C@@H](N)Cc1ccccc1. The molecule has 5 nitrogen and oxygen atoms in total. The maximum absolute atomic E-state index is 12.1. The molecule has 0 saturated heterocycles. The molecule has 5 heteroatoms. The molecule has 0 aliphatic carbocycles. The van der Waals surface area contributed by atoms with Gasteiger partial charge in [0.05, 0.1) is 14.2 Å². The normalized spacial score (nSPS) is 13.0. The van der Waals surface area contributed by atoms with Crippen molar-refractivity contribution in [2.24, 2.45) is 5.73 Å². The summed E-state index contributed by atoms with van der Waals surface area (Å²) in [4.78, 5) is 12.1. The summed E-state index contributed by atoms with van der Waals surface area (Å²) in [6, 6.07) is 16.1. The van der Waals surface area contributed by atoms with Gasteiger partial charge in [-0.25, -0.2) is 4.79 Å². The topological polar surface area (TPSA) is 73.6 Å². The van der Waals surface area contributed by atoms with Crippen molar-refractivity contribution in [3.05, 3.63) is 60.2 Å². The van der Waals surface area contributed by atoms with E-state index in [1.54, 1.807) is 7.11 Å². The lowest BCUT2D eigenvalue weighted by Crippen LogP contribution is -2.47. The van der Waals surface area contributed by atoms with Gasteiger partial charge >= 0.3 is 5.97 Å². The molecule has 0 unspecified atom stereocenters. The highest BCUT2D eigenvalue weighted by Crippen LogP contribution is 2.17. The Labute approximate surface area is 136 Å². The zero-order valence-corrected chi connectivity index (χ0v) is 13.4. The van der Waals surface area contributed by atoms with Gasteiger partial charge in [0.2, 0.25) is 0 Å². The van der Waals surface area contributed by atoms with Crippen LogP contribution in [0.15, 0.2) is 54.6 Å². The fourth-order valence-electron chi connectivity index (χ4n) is 2.34. The minimum Gasteiger partial charge on any atom is -0.497 e. The van der Waals surface area contributed by atoms with E-state index in [0.29, 0.717) is 6.42 Å². The minimum atomic E-state index is -0.631. The molecule has 0 radical (unpaired) electrons. The molecular weight excluding hydrogens is 292 g/mol. The lowest BCUT2D eigenvalue weighted by Gasteiger charge is -2.24. The quantitative estimate of drug-likeness (QED) is 0.767. The maximum Gasteiger partial charge on any atom is 0.329 e. The first-order valence-electron chi connectivity index (χ1n) is 7.42. The van der Waals surface area contributed by atoms with E-state index in [1.807, 2.05) is 54.6 Å². The van der Waals surface area contributed by atoms with E-state index in [0.717, 1.165) is 17.0 Å². The second kappa shape index (κ2) is 8.19. The molecule has 0 saturated carbocycles. The van der Waals surface area contributed by atoms with Crippen LogP contribution in [0.4, 0.5) is 5.69 Å². The molecule has 0 aliphatic heterocycles. The number of hydrogen-bond donors (Lipinski definition) is 2. The summed E-state index contributed by atoms with van der Waals surface area (Å²) in [5.41, 5.74) is 8.10. The fraction of sp³-hybridized carbons (Fsp3) is 0.278. The molecule has 0 amide bonds. The zero-order chi connectivity index (χ0) is 16.7. The van der Waals surface area contributed by atoms with Crippen molar-refractivity contribution in [3.63, 3.8) is 0 Å². The van der Waals surface area contributed by atoms with Gasteiger partial charge in [0.25, 0.3) is 0 Å². The van der Waals surface area contributed by atoms with Crippen molar-refractivity contribution < 1.29 is 14.3 Å². The Hall–Kier alpha value is -2.53. The molecule has 0 aromatic heterocycles. The van der Waals surface area contributed by atoms with Crippen molar-refractivity contribution in [1.29, 1.82) is 0 Å². The summed E-state index contributed by atoms with van der Waals surface area (Å²) in [7, 11) is 2.97. The second-order valence-corrected chi connectivity index (χ2v) is 5.23. The molecule has 0 aliphatic rings. The van der Waals surface area contributed by atoms with Gasteiger partial charge in [-0.1, -0.05) is 30.3 Å². The van der Waals surface area contributed by atoms with Gasteiger partial charge in [-0.3, -0.25) is 0 Å². The first-order valence-corrected chi connectivity index (χ1v) is 7.42. The maximum atomic E-state index is 12.1. The Balaban J connectivity index is 2.10. The van der Waals surface area contributed by atoms with Crippen molar-refractivity contribution >= 4 is 11.7 Å². The number of carbonyl (C=O) groups excluding carboxylic acids is 1. The third kappa shape index (κ3) is 4.72. The number of esters is 1. The third-order valence-corrected chi connectivity index (χ3v) is 3.61. The molecule has 2 aromatic rings. The molecule has 0 spiro atoms. The predicted molar refractivity (Wildman–Crippen MR) is 90.5 cm³/mol. The molecule has 2 rings (SSSR count). The number of nitrogens with one attached hydrogen (secondary N) is 1. The van der Waals surface area contributed by atoms with Gasteiger partial charge in [-0.2, -0.15) is 0 Å². The molecule has 2 aromatic carbocycles. The zero-order valence-electron chi connectivity index (χ0n) is 13.4. The average molecular weight is 314 g/mol. The van der Waals surface area contributed by atoms with Crippen molar-refractivity contribution in [1.82, 2.24) is 0 Å². The van der Waals surface area contributed by atoms with Crippen LogP contribution in [0.3, 0.4) is 0 Å². The van der Waals surface area contributed by atoms with Crippen LogP contribution in [0.5, 0.6) is 5.75 Å². The molecular formula is C18H22N2O3. The number of anilines is 1. The summed E-state index contributed by atoms with van der Waals surface area (Å²) < 4.78 is 10.0. The summed E-state index contributed by atoms with van der Waals surface area (Å²) in [6.07, 6.45) is 0.573. The lowest BCUT2D eigenvalue weighted by molar-refractivity contribution is -0.142. The highest BCUT2D eigenvalue weighted by atomic mass is 16.5. The summed E-state index contributed by atoms with van der Waals surface area (Å²) in [5.74, 6) is 0.364. The average Bonchev–Trinajstić information content (AvgIpc) is 2.60. The van der Waals surface area contributed by atoms with E-state index in [-0.39, 0.29) is 5.97 Å². The summed E-state index contributed by atoms with van der Waals surface area (Å²) >= 11 is 0. The largest absolute Gasteiger partial charge is 0.497 e. The van der Waals surface area contributed by atoms with Gasteiger partial charge in [-0.05, 0) is 36.2 Å². The first kappa shape index (κ1) is 16.8. The summed E-state index contributed by atoms with van der Waals surface area (Å²) in [6.45, 7) is 0.